The minimum Gasteiger partial charge on any atom is -0.357 e. The third kappa shape index (κ3) is 7.60. The topological polar surface area (TPSA) is 82.3 Å². The first-order valence-electron chi connectivity index (χ1n) is 7.40. The predicted molar refractivity (Wildman–Crippen MR) is 94.9 cm³/mol. The van der Waals surface area contributed by atoms with E-state index in [0.29, 0.717) is 10.7 Å². The SMILES string of the molecule is Cc1ccccc1C(=O)NCCC(=O)NNC(=S)NC(C)(C)C. The molecule has 0 aliphatic carbocycles. The fourth-order valence-electron chi connectivity index (χ4n) is 1.77. The second-order valence-electron chi connectivity index (χ2n) is 6.20. The summed E-state index contributed by atoms with van der Waals surface area (Å²) in [7, 11) is 0. The molecule has 0 fully saturated rings. The highest BCUT2D eigenvalue weighted by molar-refractivity contribution is 7.80. The summed E-state index contributed by atoms with van der Waals surface area (Å²) in [5.74, 6) is -0.443. The van der Waals surface area contributed by atoms with E-state index in [2.05, 4.69) is 21.5 Å². The maximum absolute atomic E-state index is 12.0. The van der Waals surface area contributed by atoms with E-state index in [1.54, 1.807) is 6.07 Å². The summed E-state index contributed by atoms with van der Waals surface area (Å²) in [6.45, 7) is 8.01. The van der Waals surface area contributed by atoms with Gasteiger partial charge < -0.3 is 10.6 Å². The van der Waals surface area contributed by atoms with E-state index >= 15 is 0 Å². The average molecular weight is 336 g/mol. The van der Waals surface area contributed by atoms with E-state index in [9.17, 15) is 9.59 Å². The number of hydrogen-bond donors (Lipinski definition) is 4. The molecule has 6 nitrogen and oxygen atoms in total. The van der Waals surface area contributed by atoms with Gasteiger partial charge in [-0.05, 0) is 51.5 Å². The van der Waals surface area contributed by atoms with Crippen molar-refractivity contribution in [2.75, 3.05) is 6.54 Å². The Labute approximate surface area is 142 Å². The molecule has 0 spiro atoms. The van der Waals surface area contributed by atoms with Crippen molar-refractivity contribution in [2.24, 2.45) is 0 Å². The predicted octanol–water partition coefficient (Wildman–Crippen LogP) is 1.41. The number of nitrogens with one attached hydrogen (secondary N) is 4. The molecule has 7 heteroatoms. The molecule has 0 aliphatic rings. The monoisotopic (exact) mass is 336 g/mol. The molecule has 2 amide bonds. The molecule has 0 bridgehead atoms. The molecule has 0 unspecified atom stereocenters. The Balaban J connectivity index is 2.28. The molecule has 0 saturated heterocycles. The number of thiocarbonyl (C=S) groups is 1. The molecular formula is C16H24N4O2S. The molecule has 23 heavy (non-hydrogen) atoms. The molecule has 0 heterocycles. The van der Waals surface area contributed by atoms with E-state index in [1.165, 1.54) is 0 Å². The first kappa shape index (κ1) is 18.9. The Morgan fingerprint density at radius 1 is 1.13 bits per heavy atom. The molecular weight excluding hydrogens is 312 g/mol. The summed E-state index contributed by atoms with van der Waals surface area (Å²) >= 11 is 5.05. The summed E-state index contributed by atoms with van der Waals surface area (Å²) < 4.78 is 0. The summed E-state index contributed by atoms with van der Waals surface area (Å²) in [5, 5.41) is 6.08. The van der Waals surface area contributed by atoms with Gasteiger partial charge in [0, 0.05) is 24.1 Å². The highest BCUT2D eigenvalue weighted by atomic mass is 32.1. The van der Waals surface area contributed by atoms with Crippen LogP contribution in [0.5, 0.6) is 0 Å². The Hall–Kier alpha value is -2.15. The third-order valence-electron chi connectivity index (χ3n) is 2.83. The number of hydrogen-bond acceptors (Lipinski definition) is 3. The van der Waals surface area contributed by atoms with Crippen LogP contribution in [0.15, 0.2) is 24.3 Å². The smallest absolute Gasteiger partial charge is 0.251 e. The normalized spacial score (nSPS) is 10.6. The largest absolute Gasteiger partial charge is 0.357 e. The van der Waals surface area contributed by atoms with Crippen LogP contribution in [0.25, 0.3) is 0 Å². The van der Waals surface area contributed by atoms with Gasteiger partial charge in [-0.3, -0.25) is 20.4 Å². The van der Waals surface area contributed by atoms with Crippen molar-refractivity contribution in [3.8, 4) is 0 Å². The summed E-state index contributed by atoms with van der Waals surface area (Å²) in [6, 6.07) is 7.30. The van der Waals surface area contributed by atoms with Crippen LogP contribution in [0.3, 0.4) is 0 Å². The Morgan fingerprint density at radius 2 is 1.78 bits per heavy atom. The first-order chi connectivity index (χ1) is 10.7. The van der Waals surface area contributed by atoms with Crippen LogP contribution in [0.4, 0.5) is 0 Å². The van der Waals surface area contributed by atoms with Crippen LogP contribution in [-0.2, 0) is 4.79 Å². The molecule has 0 atom stereocenters. The number of carbonyl (C=O) groups is 2. The lowest BCUT2D eigenvalue weighted by Crippen LogP contribution is -2.52. The number of amides is 2. The van der Waals surface area contributed by atoms with Gasteiger partial charge in [0.25, 0.3) is 5.91 Å². The number of rotatable bonds is 4. The van der Waals surface area contributed by atoms with Crippen molar-refractivity contribution in [1.82, 2.24) is 21.5 Å². The molecule has 0 aromatic heterocycles. The molecule has 1 aromatic rings. The van der Waals surface area contributed by atoms with Crippen LogP contribution in [0.1, 0.15) is 43.1 Å². The Kier molecular flexibility index (Phi) is 6.96. The lowest BCUT2D eigenvalue weighted by atomic mass is 10.1. The molecule has 4 N–H and O–H groups in total. The number of aryl methyl sites for hydroxylation is 1. The van der Waals surface area contributed by atoms with Crippen molar-refractivity contribution >= 4 is 29.1 Å². The lowest BCUT2D eigenvalue weighted by molar-refractivity contribution is -0.121. The standard InChI is InChI=1S/C16H24N4O2S/c1-11-7-5-6-8-12(11)14(22)17-10-9-13(21)19-20-15(23)18-16(2,3)4/h5-8H,9-10H2,1-4H3,(H,17,22)(H,19,21)(H2,18,20,23). The van der Waals surface area contributed by atoms with Gasteiger partial charge in [0.2, 0.25) is 5.91 Å². The molecule has 1 rings (SSSR count). The number of benzene rings is 1. The summed E-state index contributed by atoms with van der Waals surface area (Å²) in [4.78, 5) is 23.7. The summed E-state index contributed by atoms with van der Waals surface area (Å²) in [6.07, 6.45) is 0.156. The second kappa shape index (κ2) is 8.47. The summed E-state index contributed by atoms with van der Waals surface area (Å²) in [5.41, 5.74) is 6.44. The lowest BCUT2D eigenvalue weighted by Gasteiger charge is -2.23. The van der Waals surface area contributed by atoms with E-state index < -0.39 is 0 Å². The van der Waals surface area contributed by atoms with Gasteiger partial charge in [-0.1, -0.05) is 18.2 Å². The Bertz CT molecular complexity index is 582. The van der Waals surface area contributed by atoms with Gasteiger partial charge in [0.1, 0.15) is 0 Å². The molecule has 0 radical (unpaired) electrons. The maximum Gasteiger partial charge on any atom is 0.251 e. The van der Waals surface area contributed by atoms with E-state index in [-0.39, 0.29) is 30.3 Å². The van der Waals surface area contributed by atoms with Gasteiger partial charge in [0.05, 0.1) is 0 Å². The van der Waals surface area contributed by atoms with Crippen molar-refractivity contribution in [1.29, 1.82) is 0 Å². The number of carbonyl (C=O) groups excluding carboxylic acids is 2. The fraction of sp³-hybridized carbons (Fsp3) is 0.438. The highest BCUT2D eigenvalue weighted by Crippen LogP contribution is 2.06. The minimum absolute atomic E-state index is 0.156. The quantitative estimate of drug-likeness (QED) is 0.494. The maximum atomic E-state index is 12.0. The molecule has 0 aliphatic heterocycles. The molecule has 126 valence electrons. The van der Waals surface area contributed by atoms with Crippen molar-refractivity contribution in [2.45, 2.75) is 39.7 Å². The van der Waals surface area contributed by atoms with Crippen LogP contribution in [-0.4, -0.2) is 29.0 Å². The average Bonchev–Trinajstić information content (AvgIpc) is 2.43. The van der Waals surface area contributed by atoms with Crippen molar-refractivity contribution in [3.05, 3.63) is 35.4 Å². The van der Waals surface area contributed by atoms with Crippen LogP contribution in [0, 0.1) is 6.92 Å². The van der Waals surface area contributed by atoms with E-state index in [4.69, 9.17) is 12.2 Å². The molecule has 0 saturated carbocycles. The second-order valence-corrected chi connectivity index (χ2v) is 6.61. The highest BCUT2D eigenvalue weighted by Gasteiger charge is 2.12. The van der Waals surface area contributed by atoms with E-state index in [1.807, 2.05) is 45.9 Å². The van der Waals surface area contributed by atoms with E-state index in [0.717, 1.165) is 5.56 Å². The van der Waals surface area contributed by atoms with Gasteiger partial charge in [-0.2, -0.15) is 0 Å². The van der Waals surface area contributed by atoms with Crippen LogP contribution >= 0.6 is 12.2 Å². The van der Waals surface area contributed by atoms with Gasteiger partial charge in [-0.25, -0.2) is 0 Å². The van der Waals surface area contributed by atoms with Crippen molar-refractivity contribution < 1.29 is 9.59 Å². The molecule has 1 aromatic carbocycles. The van der Waals surface area contributed by atoms with Crippen LogP contribution < -0.4 is 21.5 Å². The van der Waals surface area contributed by atoms with Crippen LogP contribution in [0.2, 0.25) is 0 Å². The van der Waals surface area contributed by atoms with Gasteiger partial charge >= 0.3 is 0 Å². The van der Waals surface area contributed by atoms with Gasteiger partial charge in [-0.15, -0.1) is 0 Å². The van der Waals surface area contributed by atoms with Gasteiger partial charge in [0.15, 0.2) is 5.11 Å². The first-order valence-corrected chi connectivity index (χ1v) is 7.81. The third-order valence-corrected chi connectivity index (χ3v) is 3.04. The minimum atomic E-state index is -0.256. The zero-order chi connectivity index (χ0) is 17.5. The zero-order valence-corrected chi connectivity index (χ0v) is 14.8. The van der Waals surface area contributed by atoms with Crippen molar-refractivity contribution in [3.63, 3.8) is 0 Å². The number of hydrazine groups is 1. The fourth-order valence-corrected chi connectivity index (χ4v) is 2.13. The Morgan fingerprint density at radius 3 is 2.39 bits per heavy atom. The zero-order valence-electron chi connectivity index (χ0n) is 13.9.